The lowest BCUT2D eigenvalue weighted by molar-refractivity contribution is -0.137. The normalized spacial score (nSPS) is 11.5. The molecule has 13 N–H and O–H groups in total. The van der Waals surface area contributed by atoms with E-state index < -0.39 is 5.97 Å². The van der Waals surface area contributed by atoms with Crippen LogP contribution in [0.3, 0.4) is 0 Å². The molecule has 0 saturated carbocycles. The van der Waals surface area contributed by atoms with Crippen LogP contribution in [0, 0.1) is 0 Å². The van der Waals surface area contributed by atoms with E-state index in [-0.39, 0.29) is 6.42 Å². The average Bonchev–Trinajstić information content (AvgIpc) is 2.98. The smallest absolute Gasteiger partial charge is 0.303 e. The van der Waals surface area contributed by atoms with Crippen molar-refractivity contribution in [3.05, 3.63) is 0 Å². The number of nitrogens with one attached hydrogen (secondary N) is 12. The van der Waals surface area contributed by atoms with Crippen molar-refractivity contribution < 1.29 is 9.90 Å². The van der Waals surface area contributed by atoms with E-state index in [0.717, 1.165) is 163 Å². The third kappa shape index (κ3) is 39.0. The van der Waals surface area contributed by atoms with Gasteiger partial charge in [0.2, 0.25) is 0 Å². The molecule has 0 saturated heterocycles. The highest BCUT2D eigenvalue weighted by Gasteiger charge is 1.96. The Labute approximate surface area is 256 Å². The molecule has 42 heavy (non-hydrogen) atoms. The van der Waals surface area contributed by atoms with Gasteiger partial charge in [-0.3, -0.25) is 4.79 Å². The molecular weight excluding hydrogens is 536 g/mol. The summed E-state index contributed by atoms with van der Waals surface area (Å²) in [4.78, 5) is 10.4. The SMILES string of the molecule is CNCCNCCNCCNCCNCCNCCNCCNCCNCCNCCNCCNCCCCC(=O)O. The number of carboxylic acid groups (broad SMARTS) is 1. The fraction of sp³-hybridized carbons (Fsp3) is 0.964. The topological polar surface area (TPSA) is 182 Å². The van der Waals surface area contributed by atoms with Gasteiger partial charge in [-0.15, -0.1) is 0 Å². The molecule has 0 aromatic rings. The minimum atomic E-state index is -0.710. The van der Waals surface area contributed by atoms with Crippen LogP contribution in [0.25, 0.3) is 0 Å². The molecule has 0 aromatic heterocycles. The van der Waals surface area contributed by atoms with Crippen LogP contribution in [0.15, 0.2) is 0 Å². The number of aliphatic carboxylic acids is 1. The minimum Gasteiger partial charge on any atom is -0.481 e. The van der Waals surface area contributed by atoms with Gasteiger partial charge < -0.3 is 68.9 Å². The lowest BCUT2D eigenvalue weighted by atomic mass is 10.2. The largest absolute Gasteiger partial charge is 0.481 e. The van der Waals surface area contributed by atoms with E-state index in [4.69, 9.17) is 5.11 Å². The Kier molecular flexibility index (Phi) is 37.1. The lowest BCUT2D eigenvalue weighted by Gasteiger charge is -2.10. The van der Waals surface area contributed by atoms with Crippen molar-refractivity contribution in [1.29, 1.82) is 0 Å². The number of hydrogen-bond donors (Lipinski definition) is 13. The van der Waals surface area contributed by atoms with Crippen molar-refractivity contribution in [1.82, 2.24) is 63.8 Å². The van der Waals surface area contributed by atoms with Crippen molar-refractivity contribution in [3.8, 4) is 0 Å². The van der Waals surface area contributed by atoms with Gasteiger partial charge in [0.25, 0.3) is 0 Å². The molecule has 0 rings (SSSR count). The maximum atomic E-state index is 10.4. The molecule has 252 valence electrons. The van der Waals surface area contributed by atoms with Gasteiger partial charge in [0.15, 0.2) is 0 Å². The molecule has 0 fully saturated rings. The molecule has 0 aromatic carbocycles. The Hall–Kier alpha value is -1.01. The second kappa shape index (κ2) is 38.0. The number of likely N-dealkylation sites (N-methyl/N-ethyl adjacent to an activating group) is 1. The van der Waals surface area contributed by atoms with E-state index >= 15 is 0 Å². The molecule has 0 unspecified atom stereocenters. The first-order chi connectivity index (χ1) is 20.8. The van der Waals surface area contributed by atoms with Crippen molar-refractivity contribution in [2.45, 2.75) is 19.3 Å². The van der Waals surface area contributed by atoms with Crippen molar-refractivity contribution in [2.24, 2.45) is 0 Å². The average molecular weight is 605 g/mol. The van der Waals surface area contributed by atoms with E-state index in [1.54, 1.807) is 0 Å². The number of rotatable bonds is 38. The summed E-state index contributed by atoms with van der Waals surface area (Å²) in [6.45, 7) is 22.6. The molecule has 0 aliphatic heterocycles. The van der Waals surface area contributed by atoms with Crippen molar-refractivity contribution in [2.75, 3.05) is 158 Å². The Morgan fingerprint density at radius 2 is 0.571 bits per heavy atom. The molecule has 0 spiro atoms. The zero-order valence-corrected chi connectivity index (χ0v) is 26.7. The first-order valence-corrected chi connectivity index (χ1v) is 16.4. The quantitative estimate of drug-likeness (QED) is 0.0306. The summed E-state index contributed by atoms with van der Waals surface area (Å²) in [5.41, 5.74) is 0. The van der Waals surface area contributed by atoms with Crippen LogP contribution in [-0.2, 0) is 4.79 Å². The molecule has 14 heteroatoms. The van der Waals surface area contributed by atoms with E-state index in [9.17, 15) is 4.79 Å². The first kappa shape index (κ1) is 41.0. The van der Waals surface area contributed by atoms with Gasteiger partial charge in [0, 0.05) is 150 Å². The second-order valence-electron chi connectivity index (χ2n) is 10.2. The first-order valence-electron chi connectivity index (χ1n) is 16.4. The molecule has 0 radical (unpaired) electrons. The monoisotopic (exact) mass is 605 g/mol. The van der Waals surface area contributed by atoms with Crippen LogP contribution in [0.4, 0.5) is 0 Å². The summed E-state index contributed by atoms with van der Waals surface area (Å²) in [7, 11) is 1.97. The molecule has 14 nitrogen and oxygen atoms in total. The van der Waals surface area contributed by atoms with Crippen LogP contribution < -0.4 is 63.8 Å². The fourth-order valence-corrected chi connectivity index (χ4v) is 3.88. The fourth-order valence-electron chi connectivity index (χ4n) is 3.88. The Morgan fingerprint density at radius 1 is 0.357 bits per heavy atom. The van der Waals surface area contributed by atoms with Crippen molar-refractivity contribution in [3.63, 3.8) is 0 Å². The van der Waals surface area contributed by atoms with Crippen LogP contribution >= 0.6 is 0 Å². The van der Waals surface area contributed by atoms with E-state index in [1.807, 2.05) is 7.05 Å². The second-order valence-corrected chi connectivity index (χ2v) is 10.2. The maximum absolute atomic E-state index is 10.4. The van der Waals surface area contributed by atoms with Crippen LogP contribution in [-0.4, -0.2) is 169 Å². The van der Waals surface area contributed by atoms with Gasteiger partial charge >= 0.3 is 5.97 Å². The summed E-state index contributed by atoms with van der Waals surface area (Å²) in [5.74, 6) is -0.710. The van der Waals surface area contributed by atoms with Gasteiger partial charge in [0.05, 0.1) is 0 Å². The predicted molar refractivity (Wildman–Crippen MR) is 177 cm³/mol. The minimum absolute atomic E-state index is 0.265. The van der Waals surface area contributed by atoms with Gasteiger partial charge in [0.1, 0.15) is 0 Å². The molecule has 0 amide bonds. The lowest BCUT2D eigenvalue weighted by Crippen LogP contribution is -2.38. The van der Waals surface area contributed by atoms with Gasteiger partial charge in [-0.25, -0.2) is 0 Å². The number of carboxylic acids is 1. The Morgan fingerprint density at radius 3 is 0.786 bits per heavy atom. The van der Waals surface area contributed by atoms with E-state index in [2.05, 4.69) is 63.8 Å². The molecule has 0 aliphatic rings. The van der Waals surface area contributed by atoms with E-state index in [0.29, 0.717) is 0 Å². The van der Waals surface area contributed by atoms with Crippen LogP contribution in [0.2, 0.25) is 0 Å². The number of unbranched alkanes of at least 4 members (excludes halogenated alkanes) is 1. The molecular formula is C28H68N12O2. The third-order valence-electron chi connectivity index (χ3n) is 6.33. The third-order valence-corrected chi connectivity index (χ3v) is 6.33. The zero-order valence-electron chi connectivity index (χ0n) is 26.7. The Balaban J connectivity index is 3.03. The zero-order chi connectivity index (χ0) is 30.4. The molecule has 0 heterocycles. The summed E-state index contributed by atoms with van der Waals surface area (Å²) in [5, 5.41) is 49.5. The summed E-state index contributed by atoms with van der Waals surface area (Å²) in [6, 6.07) is 0. The predicted octanol–water partition coefficient (Wildman–Crippen LogP) is -4.05. The maximum Gasteiger partial charge on any atom is 0.303 e. The van der Waals surface area contributed by atoms with Crippen LogP contribution in [0.5, 0.6) is 0 Å². The van der Waals surface area contributed by atoms with E-state index in [1.165, 1.54) is 0 Å². The van der Waals surface area contributed by atoms with Gasteiger partial charge in [-0.1, -0.05) is 0 Å². The highest BCUT2D eigenvalue weighted by atomic mass is 16.4. The van der Waals surface area contributed by atoms with Gasteiger partial charge in [-0.2, -0.15) is 0 Å². The number of hydrogen-bond acceptors (Lipinski definition) is 13. The molecule has 0 aliphatic carbocycles. The number of carbonyl (C=O) groups is 1. The summed E-state index contributed by atoms with van der Waals surface area (Å²) >= 11 is 0. The highest BCUT2D eigenvalue weighted by molar-refractivity contribution is 5.66. The van der Waals surface area contributed by atoms with Gasteiger partial charge in [-0.05, 0) is 26.4 Å². The molecule has 0 atom stereocenters. The standard InChI is InChI=1S/C28H68N12O2/c1-29-6-7-31-10-11-33-14-15-35-18-19-37-22-23-39-26-27-40-25-24-38-21-20-36-17-16-34-13-12-32-9-8-30-5-3-2-4-28(41)42/h29-40H,2-27H2,1H3,(H,41,42). The Bertz CT molecular complexity index is 523. The van der Waals surface area contributed by atoms with Crippen molar-refractivity contribution >= 4 is 5.97 Å². The molecule has 0 bridgehead atoms. The summed E-state index contributed by atoms with van der Waals surface area (Å²) in [6.07, 6.45) is 1.92. The highest BCUT2D eigenvalue weighted by Crippen LogP contribution is 1.92. The van der Waals surface area contributed by atoms with Crippen LogP contribution in [0.1, 0.15) is 19.3 Å². The summed E-state index contributed by atoms with van der Waals surface area (Å²) < 4.78 is 0.